The summed E-state index contributed by atoms with van der Waals surface area (Å²) in [4.78, 5) is 28.6. The standard InChI is InChI=1S/C24H25Cl4N3O2/c25-15-4-3-14(19(27)11-15)10-21(22(29)32)31(17-2-1-9-30-13-17)23(33)24(7-8-24)18-6-5-16(26)12-20(18)28/h3-6,11-12,17,21,30H,1-2,7-10,13H2,(H2,29,32)/t17-,21-/m0/s1. The van der Waals surface area contributed by atoms with Crippen molar-refractivity contribution in [2.45, 2.75) is 49.6 Å². The van der Waals surface area contributed by atoms with E-state index in [2.05, 4.69) is 5.32 Å². The maximum absolute atomic E-state index is 14.2. The molecule has 176 valence electrons. The van der Waals surface area contributed by atoms with Crippen LogP contribution >= 0.6 is 46.4 Å². The quantitative estimate of drug-likeness (QED) is 0.530. The van der Waals surface area contributed by atoms with E-state index >= 15 is 0 Å². The van der Waals surface area contributed by atoms with Crippen LogP contribution in [0.15, 0.2) is 36.4 Å². The summed E-state index contributed by atoms with van der Waals surface area (Å²) in [6.45, 7) is 1.46. The van der Waals surface area contributed by atoms with Crippen LogP contribution in [0.25, 0.3) is 0 Å². The number of piperidine rings is 1. The van der Waals surface area contributed by atoms with Gasteiger partial charge in [0.1, 0.15) is 6.04 Å². The second-order valence-electron chi connectivity index (χ2n) is 8.78. The third kappa shape index (κ3) is 5.13. The van der Waals surface area contributed by atoms with Crippen molar-refractivity contribution in [3.8, 4) is 0 Å². The van der Waals surface area contributed by atoms with E-state index in [9.17, 15) is 9.59 Å². The Morgan fingerprint density at radius 1 is 1.06 bits per heavy atom. The lowest BCUT2D eigenvalue weighted by atomic mass is 9.90. The van der Waals surface area contributed by atoms with Crippen LogP contribution < -0.4 is 11.1 Å². The van der Waals surface area contributed by atoms with Gasteiger partial charge in [-0.2, -0.15) is 0 Å². The minimum absolute atomic E-state index is 0.130. The third-order valence-corrected chi connectivity index (χ3v) is 7.73. The van der Waals surface area contributed by atoms with Gasteiger partial charge in [-0.25, -0.2) is 0 Å². The van der Waals surface area contributed by atoms with Crippen molar-refractivity contribution in [1.29, 1.82) is 0 Å². The van der Waals surface area contributed by atoms with Gasteiger partial charge in [0.25, 0.3) is 0 Å². The van der Waals surface area contributed by atoms with E-state index in [4.69, 9.17) is 52.1 Å². The average molecular weight is 529 g/mol. The molecule has 4 rings (SSSR count). The molecule has 2 aromatic carbocycles. The number of carbonyl (C=O) groups excluding carboxylic acids is 2. The lowest BCUT2D eigenvalue weighted by molar-refractivity contribution is -0.144. The summed E-state index contributed by atoms with van der Waals surface area (Å²) in [5, 5.41) is 5.23. The molecule has 2 fully saturated rings. The monoisotopic (exact) mass is 527 g/mol. The molecule has 2 amide bonds. The van der Waals surface area contributed by atoms with Crippen LogP contribution in [0.1, 0.15) is 36.8 Å². The zero-order valence-electron chi connectivity index (χ0n) is 17.9. The number of amides is 2. The van der Waals surface area contributed by atoms with Gasteiger partial charge >= 0.3 is 0 Å². The van der Waals surface area contributed by atoms with Crippen molar-refractivity contribution in [2.24, 2.45) is 5.73 Å². The topological polar surface area (TPSA) is 75.4 Å². The highest BCUT2D eigenvalue weighted by molar-refractivity contribution is 6.35. The highest BCUT2D eigenvalue weighted by Gasteiger charge is 2.56. The van der Waals surface area contributed by atoms with E-state index in [1.54, 1.807) is 35.2 Å². The Hall–Kier alpha value is -1.50. The number of nitrogens with one attached hydrogen (secondary N) is 1. The van der Waals surface area contributed by atoms with Gasteiger partial charge in [-0.15, -0.1) is 0 Å². The lowest BCUT2D eigenvalue weighted by Gasteiger charge is -2.41. The van der Waals surface area contributed by atoms with E-state index < -0.39 is 17.4 Å². The van der Waals surface area contributed by atoms with Crippen molar-refractivity contribution in [3.63, 3.8) is 0 Å². The minimum Gasteiger partial charge on any atom is -0.368 e. The zero-order valence-corrected chi connectivity index (χ0v) is 20.9. The fourth-order valence-electron chi connectivity index (χ4n) is 4.71. The first-order valence-corrected chi connectivity index (χ1v) is 12.5. The Labute approximate surface area is 213 Å². The van der Waals surface area contributed by atoms with Gasteiger partial charge in [0.15, 0.2) is 0 Å². The number of carbonyl (C=O) groups is 2. The average Bonchev–Trinajstić information content (AvgIpc) is 3.57. The first-order chi connectivity index (χ1) is 15.7. The number of nitrogens with zero attached hydrogens (tertiary/aromatic N) is 1. The van der Waals surface area contributed by atoms with E-state index in [1.165, 1.54) is 0 Å². The Bertz CT molecular complexity index is 1070. The molecule has 2 aromatic rings. The molecule has 0 aromatic heterocycles. The number of halogens is 4. The van der Waals surface area contributed by atoms with Crippen molar-refractivity contribution in [2.75, 3.05) is 13.1 Å². The fourth-order valence-corrected chi connectivity index (χ4v) is 5.79. The highest BCUT2D eigenvalue weighted by atomic mass is 35.5. The predicted molar refractivity (Wildman–Crippen MR) is 133 cm³/mol. The van der Waals surface area contributed by atoms with Crippen LogP contribution in [-0.2, 0) is 21.4 Å². The third-order valence-electron chi connectivity index (χ3n) is 6.60. The van der Waals surface area contributed by atoms with Crippen LogP contribution in [0.4, 0.5) is 0 Å². The molecule has 2 aliphatic rings. The van der Waals surface area contributed by atoms with E-state index in [1.807, 2.05) is 6.07 Å². The van der Waals surface area contributed by atoms with Gasteiger partial charge in [-0.3, -0.25) is 9.59 Å². The molecule has 5 nitrogen and oxygen atoms in total. The molecule has 1 aliphatic carbocycles. The number of rotatable bonds is 7. The molecular formula is C24H25Cl4N3O2. The van der Waals surface area contributed by atoms with E-state index in [0.29, 0.717) is 45.0 Å². The maximum Gasteiger partial charge on any atom is 0.240 e. The molecule has 1 heterocycles. The molecular weight excluding hydrogens is 504 g/mol. The maximum atomic E-state index is 14.2. The second-order valence-corrected chi connectivity index (χ2v) is 10.5. The van der Waals surface area contributed by atoms with Crippen molar-refractivity contribution in [3.05, 3.63) is 67.6 Å². The van der Waals surface area contributed by atoms with Gasteiger partial charge in [0, 0.05) is 39.1 Å². The number of hydrogen-bond acceptors (Lipinski definition) is 3. The summed E-state index contributed by atoms with van der Waals surface area (Å²) in [6, 6.07) is 9.28. The van der Waals surface area contributed by atoms with Gasteiger partial charge in [0.05, 0.1) is 5.41 Å². The molecule has 2 atom stereocenters. The summed E-state index contributed by atoms with van der Waals surface area (Å²) < 4.78 is 0. The fraction of sp³-hybridized carbons (Fsp3) is 0.417. The summed E-state index contributed by atoms with van der Waals surface area (Å²) >= 11 is 25.0. The van der Waals surface area contributed by atoms with Gasteiger partial charge in [0.2, 0.25) is 11.8 Å². The van der Waals surface area contributed by atoms with Gasteiger partial charge in [-0.1, -0.05) is 58.5 Å². The van der Waals surface area contributed by atoms with Crippen LogP contribution in [0.2, 0.25) is 20.1 Å². The first kappa shape index (κ1) is 24.6. The Kier molecular flexibility index (Phi) is 7.47. The van der Waals surface area contributed by atoms with Crippen molar-refractivity contribution < 1.29 is 9.59 Å². The summed E-state index contributed by atoms with van der Waals surface area (Å²) in [7, 11) is 0. The normalized spacial score (nSPS) is 20.2. The highest BCUT2D eigenvalue weighted by Crippen LogP contribution is 2.52. The summed E-state index contributed by atoms with van der Waals surface area (Å²) in [5.74, 6) is -0.702. The molecule has 0 bridgehead atoms. The van der Waals surface area contributed by atoms with Crippen molar-refractivity contribution in [1.82, 2.24) is 10.2 Å². The van der Waals surface area contributed by atoms with Crippen LogP contribution in [0.3, 0.4) is 0 Å². The van der Waals surface area contributed by atoms with Gasteiger partial charge in [-0.05, 0) is 67.6 Å². The first-order valence-electron chi connectivity index (χ1n) is 11.0. The smallest absolute Gasteiger partial charge is 0.240 e. The second kappa shape index (κ2) is 10.0. The van der Waals surface area contributed by atoms with E-state index in [-0.39, 0.29) is 18.4 Å². The predicted octanol–water partition coefficient (Wildman–Crippen LogP) is 5.01. The number of hydrogen-bond donors (Lipinski definition) is 2. The SMILES string of the molecule is NC(=O)[C@H](Cc1ccc(Cl)cc1Cl)N(C(=O)C1(c2ccc(Cl)cc2Cl)CC1)[C@H]1CCCNC1. The molecule has 1 saturated heterocycles. The Balaban J connectivity index is 1.73. The lowest BCUT2D eigenvalue weighted by Crippen LogP contribution is -2.60. The molecule has 0 unspecified atom stereocenters. The summed E-state index contributed by atoms with van der Waals surface area (Å²) in [5.41, 5.74) is 6.56. The zero-order chi connectivity index (χ0) is 23.8. The molecule has 0 radical (unpaired) electrons. The van der Waals surface area contributed by atoms with E-state index in [0.717, 1.165) is 24.9 Å². The molecule has 0 spiro atoms. The number of nitrogens with two attached hydrogens (primary N) is 1. The van der Waals surface area contributed by atoms with Crippen LogP contribution in [-0.4, -0.2) is 41.9 Å². The molecule has 9 heteroatoms. The Morgan fingerprint density at radius 2 is 1.73 bits per heavy atom. The number of primary amides is 1. The largest absolute Gasteiger partial charge is 0.368 e. The minimum atomic E-state index is -0.857. The van der Waals surface area contributed by atoms with Gasteiger partial charge < -0.3 is 16.0 Å². The van der Waals surface area contributed by atoms with Crippen molar-refractivity contribution >= 4 is 58.2 Å². The molecule has 1 saturated carbocycles. The molecule has 33 heavy (non-hydrogen) atoms. The summed E-state index contributed by atoms with van der Waals surface area (Å²) in [6.07, 6.45) is 3.18. The van der Waals surface area contributed by atoms with Crippen LogP contribution in [0, 0.1) is 0 Å². The number of benzene rings is 2. The van der Waals surface area contributed by atoms with Crippen LogP contribution in [0.5, 0.6) is 0 Å². The Morgan fingerprint density at radius 3 is 2.27 bits per heavy atom. The molecule has 3 N–H and O–H groups in total. The molecule has 1 aliphatic heterocycles.